The summed E-state index contributed by atoms with van der Waals surface area (Å²) < 4.78 is 49.2. The van der Waals surface area contributed by atoms with Crippen LogP contribution in [0.25, 0.3) is 6.08 Å². The van der Waals surface area contributed by atoms with Gasteiger partial charge in [-0.25, -0.2) is 0 Å². The number of halogens is 3. The van der Waals surface area contributed by atoms with Crippen molar-refractivity contribution in [2.45, 2.75) is 6.18 Å². The summed E-state index contributed by atoms with van der Waals surface area (Å²) in [5, 5.41) is 7.87. The van der Waals surface area contributed by atoms with Gasteiger partial charge in [0.15, 0.2) is 16.7 Å². The van der Waals surface area contributed by atoms with Crippen LogP contribution in [-0.2, 0) is 11.0 Å². The molecule has 0 aromatic heterocycles. The number of rotatable bonds is 4. The maximum atomic E-state index is 13.0. The third-order valence-corrected chi connectivity index (χ3v) is 4.85. The molecule has 0 aliphatic carbocycles. The molecule has 3 rings (SSSR count). The van der Waals surface area contributed by atoms with Crippen LogP contribution in [0.5, 0.6) is 11.5 Å². The molecule has 9 heteroatoms. The molecule has 1 aliphatic heterocycles. The lowest BCUT2D eigenvalue weighted by Gasteiger charge is -2.16. The van der Waals surface area contributed by atoms with E-state index in [1.807, 2.05) is 0 Å². The molecule has 1 aliphatic rings. The molecule has 1 saturated heterocycles. The van der Waals surface area contributed by atoms with Crippen LogP contribution >= 0.6 is 11.8 Å². The Kier molecular flexibility index (Phi) is 5.37. The summed E-state index contributed by atoms with van der Waals surface area (Å²) >= 11 is 0.876. The topological polar surface area (TPSA) is 62.6 Å². The van der Waals surface area contributed by atoms with E-state index in [2.05, 4.69) is 0 Å². The lowest BCUT2D eigenvalue weighted by molar-refractivity contribution is -0.137. The van der Waals surface area contributed by atoms with Gasteiger partial charge in [0, 0.05) is 0 Å². The zero-order valence-electron chi connectivity index (χ0n) is 14.8. The second kappa shape index (κ2) is 7.59. The predicted octanol–water partition coefficient (Wildman–Crippen LogP) is 4.78. The molecule has 1 N–H and O–H groups in total. The molecule has 0 atom stereocenters. The molecule has 2 aromatic carbocycles. The van der Waals surface area contributed by atoms with Crippen LogP contribution in [0.2, 0.25) is 0 Å². The van der Waals surface area contributed by atoms with Crippen molar-refractivity contribution >= 4 is 34.6 Å². The smallest absolute Gasteiger partial charge is 0.416 e. The summed E-state index contributed by atoms with van der Waals surface area (Å²) in [6.45, 7) is 0. The fraction of sp³-hybridized carbons (Fsp3) is 0.158. The lowest BCUT2D eigenvalue weighted by atomic mass is 10.1. The van der Waals surface area contributed by atoms with Crippen LogP contribution in [0, 0.1) is 5.41 Å². The molecule has 28 heavy (non-hydrogen) atoms. The molecule has 0 bridgehead atoms. The Balaban J connectivity index is 1.93. The molecule has 0 unspecified atom stereocenters. The van der Waals surface area contributed by atoms with Gasteiger partial charge in [-0.1, -0.05) is 12.1 Å². The first kappa shape index (κ1) is 19.8. The first-order valence-corrected chi connectivity index (χ1v) is 8.78. The number of amides is 1. The number of methoxy groups -OCH3 is 2. The number of amidine groups is 1. The largest absolute Gasteiger partial charge is 0.493 e. The zero-order valence-corrected chi connectivity index (χ0v) is 15.6. The first-order chi connectivity index (χ1) is 13.2. The van der Waals surface area contributed by atoms with Gasteiger partial charge in [-0.2, -0.15) is 13.2 Å². The molecule has 2 aromatic rings. The van der Waals surface area contributed by atoms with Gasteiger partial charge in [0.1, 0.15) is 0 Å². The highest BCUT2D eigenvalue weighted by atomic mass is 32.2. The van der Waals surface area contributed by atoms with Crippen LogP contribution in [0.3, 0.4) is 0 Å². The Hall–Kier alpha value is -2.94. The van der Waals surface area contributed by atoms with Crippen LogP contribution in [-0.4, -0.2) is 25.3 Å². The number of thioether (sulfide) groups is 1. The van der Waals surface area contributed by atoms with Crippen molar-refractivity contribution in [3.8, 4) is 11.5 Å². The van der Waals surface area contributed by atoms with Gasteiger partial charge in [0.05, 0.1) is 30.4 Å². The highest BCUT2D eigenvalue weighted by Crippen LogP contribution is 2.38. The van der Waals surface area contributed by atoms with E-state index in [4.69, 9.17) is 14.9 Å². The SMILES string of the molecule is COc1ccc(C=C2SC(=N)N(c3cccc(C(F)(F)F)c3)C2=O)cc1OC. The van der Waals surface area contributed by atoms with Crippen molar-refractivity contribution in [2.24, 2.45) is 0 Å². The van der Waals surface area contributed by atoms with Crippen molar-refractivity contribution in [2.75, 3.05) is 19.1 Å². The molecule has 1 heterocycles. The Labute approximate surface area is 163 Å². The third kappa shape index (κ3) is 3.84. The number of alkyl halides is 3. The summed E-state index contributed by atoms with van der Waals surface area (Å²) in [6, 6.07) is 9.38. The van der Waals surface area contributed by atoms with E-state index in [0.29, 0.717) is 17.1 Å². The van der Waals surface area contributed by atoms with E-state index in [0.717, 1.165) is 28.8 Å². The molecule has 0 radical (unpaired) electrons. The van der Waals surface area contributed by atoms with Gasteiger partial charge < -0.3 is 9.47 Å². The fourth-order valence-corrected chi connectivity index (χ4v) is 3.50. The van der Waals surface area contributed by atoms with Gasteiger partial charge in [0.2, 0.25) is 0 Å². The molecule has 1 amide bonds. The van der Waals surface area contributed by atoms with Crippen molar-refractivity contribution in [1.29, 1.82) is 5.41 Å². The van der Waals surface area contributed by atoms with Crippen molar-refractivity contribution < 1.29 is 27.4 Å². The number of nitrogens with one attached hydrogen (secondary N) is 1. The second-order valence-electron chi connectivity index (χ2n) is 5.72. The monoisotopic (exact) mass is 408 g/mol. The minimum Gasteiger partial charge on any atom is -0.493 e. The third-order valence-electron chi connectivity index (χ3n) is 3.96. The van der Waals surface area contributed by atoms with E-state index in [1.54, 1.807) is 24.3 Å². The molecular formula is C19H15F3N2O3S. The minimum absolute atomic E-state index is 0.00645. The minimum atomic E-state index is -4.54. The van der Waals surface area contributed by atoms with E-state index in [-0.39, 0.29) is 15.8 Å². The second-order valence-corrected chi connectivity index (χ2v) is 6.75. The summed E-state index contributed by atoms with van der Waals surface area (Å²) in [7, 11) is 2.98. The number of hydrogen-bond donors (Lipinski definition) is 1. The molecule has 0 spiro atoms. The van der Waals surface area contributed by atoms with Crippen molar-refractivity contribution in [3.05, 3.63) is 58.5 Å². The average Bonchev–Trinajstić information content (AvgIpc) is 2.94. The quantitative estimate of drug-likeness (QED) is 0.740. The van der Waals surface area contributed by atoms with Gasteiger partial charge in [-0.15, -0.1) is 0 Å². The Morgan fingerprint density at radius 1 is 1.07 bits per heavy atom. The first-order valence-electron chi connectivity index (χ1n) is 7.96. The number of anilines is 1. The van der Waals surface area contributed by atoms with Crippen molar-refractivity contribution in [1.82, 2.24) is 0 Å². The number of benzene rings is 2. The number of nitrogens with zero attached hydrogens (tertiary/aromatic N) is 1. The van der Waals surface area contributed by atoms with Gasteiger partial charge in [-0.05, 0) is 53.7 Å². The molecule has 1 fully saturated rings. The van der Waals surface area contributed by atoms with Crippen LogP contribution in [0.4, 0.5) is 18.9 Å². The summed E-state index contributed by atoms with van der Waals surface area (Å²) in [6.07, 6.45) is -2.98. The van der Waals surface area contributed by atoms with Crippen LogP contribution in [0.15, 0.2) is 47.4 Å². The highest BCUT2D eigenvalue weighted by Gasteiger charge is 2.36. The summed E-state index contributed by atoms with van der Waals surface area (Å²) in [5.41, 5.74) is -0.256. The number of hydrogen-bond acceptors (Lipinski definition) is 5. The number of carbonyl (C=O) groups is 1. The Morgan fingerprint density at radius 3 is 2.43 bits per heavy atom. The molecule has 0 saturated carbocycles. The standard InChI is InChI=1S/C19H15F3N2O3S/c1-26-14-7-6-11(8-15(14)27-2)9-16-17(25)24(18(23)28-16)13-5-3-4-12(10-13)19(20,21)22/h3-10,23H,1-2H3. The molecule has 146 valence electrons. The molecule has 5 nitrogen and oxygen atoms in total. The summed E-state index contributed by atoms with van der Waals surface area (Å²) in [5.74, 6) is 0.426. The Morgan fingerprint density at radius 2 is 1.79 bits per heavy atom. The molecular weight excluding hydrogens is 393 g/mol. The fourth-order valence-electron chi connectivity index (χ4n) is 2.64. The highest BCUT2D eigenvalue weighted by molar-refractivity contribution is 8.19. The van der Waals surface area contributed by atoms with E-state index in [9.17, 15) is 18.0 Å². The summed E-state index contributed by atoms with van der Waals surface area (Å²) in [4.78, 5) is 13.9. The van der Waals surface area contributed by atoms with Gasteiger partial charge in [-0.3, -0.25) is 15.1 Å². The van der Waals surface area contributed by atoms with Gasteiger partial charge in [0.25, 0.3) is 5.91 Å². The predicted molar refractivity (Wildman–Crippen MR) is 102 cm³/mol. The van der Waals surface area contributed by atoms with Crippen molar-refractivity contribution in [3.63, 3.8) is 0 Å². The number of ether oxygens (including phenoxy) is 2. The lowest BCUT2D eigenvalue weighted by Crippen LogP contribution is -2.28. The average molecular weight is 408 g/mol. The maximum Gasteiger partial charge on any atom is 0.416 e. The van der Waals surface area contributed by atoms with E-state index >= 15 is 0 Å². The normalized spacial score (nSPS) is 16.0. The van der Waals surface area contributed by atoms with Crippen LogP contribution in [0.1, 0.15) is 11.1 Å². The maximum absolute atomic E-state index is 13.0. The Bertz CT molecular complexity index is 973. The zero-order chi connectivity index (χ0) is 20.5. The van der Waals surface area contributed by atoms with E-state index < -0.39 is 17.6 Å². The number of carbonyl (C=O) groups excluding carboxylic acids is 1. The van der Waals surface area contributed by atoms with Crippen LogP contribution < -0.4 is 14.4 Å². The van der Waals surface area contributed by atoms with E-state index in [1.165, 1.54) is 26.4 Å². The van der Waals surface area contributed by atoms with Gasteiger partial charge >= 0.3 is 6.18 Å².